The Kier molecular flexibility index (Phi) is 5.82. The molecular formula is C30H39N5. The molecule has 2 aromatic carbocycles. The van der Waals surface area contributed by atoms with Crippen LogP contribution in [-0.4, -0.2) is 49.7 Å². The van der Waals surface area contributed by atoms with Gasteiger partial charge < -0.3 is 14.7 Å². The zero-order chi connectivity index (χ0) is 24.0. The van der Waals surface area contributed by atoms with E-state index in [1.54, 1.807) is 5.56 Å². The van der Waals surface area contributed by atoms with Crippen LogP contribution in [0.3, 0.4) is 0 Å². The van der Waals surface area contributed by atoms with Gasteiger partial charge in [-0.1, -0.05) is 32.0 Å². The summed E-state index contributed by atoms with van der Waals surface area (Å²) in [6.07, 6.45) is 7.22. The van der Waals surface area contributed by atoms with Gasteiger partial charge in [0.15, 0.2) is 0 Å². The minimum Gasteiger partial charge on any atom is -0.375 e. The molecule has 0 unspecified atom stereocenters. The third kappa shape index (κ3) is 4.23. The number of nitrogens with zero attached hydrogens (tertiary/aromatic N) is 5. The fourth-order valence-corrected chi connectivity index (χ4v) is 5.80. The summed E-state index contributed by atoms with van der Waals surface area (Å²) < 4.78 is 0. The maximum Gasteiger partial charge on any atom is 0.140 e. The van der Waals surface area contributed by atoms with Gasteiger partial charge in [-0.25, -0.2) is 9.97 Å². The van der Waals surface area contributed by atoms with Crippen molar-refractivity contribution in [3.63, 3.8) is 0 Å². The topological polar surface area (TPSA) is 35.5 Å². The molecule has 1 saturated carbocycles. The van der Waals surface area contributed by atoms with Crippen LogP contribution in [0.25, 0.3) is 10.9 Å². The molecule has 0 bridgehead atoms. The molecule has 6 rings (SSSR count). The van der Waals surface area contributed by atoms with Crippen LogP contribution in [0.2, 0.25) is 0 Å². The molecule has 3 fully saturated rings. The van der Waals surface area contributed by atoms with Gasteiger partial charge in [-0.2, -0.15) is 0 Å². The number of piperidine rings is 1. The van der Waals surface area contributed by atoms with E-state index >= 15 is 0 Å². The number of anilines is 3. The van der Waals surface area contributed by atoms with E-state index in [1.165, 1.54) is 62.0 Å². The Morgan fingerprint density at radius 2 is 1.74 bits per heavy atom. The Balaban J connectivity index is 1.30. The molecule has 3 aromatic rings. The van der Waals surface area contributed by atoms with E-state index in [1.807, 2.05) is 0 Å². The second-order valence-electron chi connectivity index (χ2n) is 11.2. The van der Waals surface area contributed by atoms with Crippen LogP contribution in [0.5, 0.6) is 0 Å². The monoisotopic (exact) mass is 469 g/mol. The maximum absolute atomic E-state index is 5.26. The van der Waals surface area contributed by atoms with Gasteiger partial charge in [0, 0.05) is 61.9 Å². The van der Waals surface area contributed by atoms with Gasteiger partial charge in [0.1, 0.15) is 11.6 Å². The standard InChI is InChI=1S/C30H39N5/c1-4-16-33(3)23-10-11-26-25(21-23)28(32-29(31-26)30(2)14-15-30)35-19-12-22(13-20-35)24-8-5-6-9-27(24)34-17-7-18-34/h5-6,8-11,21-22H,4,7,12-20H2,1-3H3. The Hall–Kier alpha value is -2.82. The van der Waals surface area contributed by atoms with Crippen LogP contribution in [0, 0.1) is 0 Å². The van der Waals surface area contributed by atoms with Gasteiger partial charge in [0.25, 0.3) is 0 Å². The molecule has 1 aromatic heterocycles. The molecule has 3 heterocycles. The number of hydrogen-bond donors (Lipinski definition) is 0. The number of para-hydroxylation sites is 1. The Labute approximate surface area is 210 Å². The molecule has 0 N–H and O–H groups in total. The first kappa shape index (κ1) is 22.6. The summed E-state index contributed by atoms with van der Waals surface area (Å²) in [5.74, 6) is 2.82. The molecule has 5 nitrogen and oxygen atoms in total. The summed E-state index contributed by atoms with van der Waals surface area (Å²) >= 11 is 0. The minimum absolute atomic E-state index is 0.162. The molecule has 3 aliphatic rings. The molecule has 2 saturated heterocycles. The van der Waals surface area contributed by atoms with Gasteiger partial charge in [-0.15, -0.1) is 0 Å². The predicted octanol–water partition coefficient (Wildman–Crippen LogP) is 6.12. The molecule has 0 radical (unpaired) electrons. The highest BCUT2D eigenvalue weighted by Crippen LogP contribution is 2.47. The van der Waals surface area contributed by atoms with E-state index in [0.717, 1.165) is 43.2 Å². The lowest BCUT2D eigenvalue weighted by atomic mass is 9.87. The van der Waals surface area contributed by atoms with Crippen molar-refractivity contribution in [3.8, 4) is 0 Å². The highest BCUT2D eigenvalue weighted by Gasteiger charge is 2.43. The lowest BCUT2D eigenvalue weighted by molar-refractivity contribution is 0.499. The van der Waals surface area contributed by atoms with Crippen molar-refractivity contribution in [1.82, 2.24) is 9.97 Å². The lowest BCUT2D eigenvalue weighted by Crippen LogP contribution is -2.39. The Bertz CT molecular complexity index is 1200. The molecule has 0 spiro atoms. The third-order valence-corrected chi connectivity index (χ3v) is 8.57. The van der Waals surface area contributed by atoms with Crippen molar-refractivity contribution < 1.29 is 0 Å². The molecule has 184 valence electrons. The summed E-state index contributed by atoms with van der Waals surface area (Å²) in [5.41, 5.74) is 5.53. The van der Waals surface area contributed by atoms with Crippen molar-refractivity contribution in [2.45, 2.75) is 63.7 Å². The highest BCUT2D eigenvalue weighted by atomic mass is 15.2. The lowest BCUT2D eigenvalue weighted by Gasteiger charge is -2.39. The summed E-state index contributed by atoms with van der Waals surface area (Å²) in [7, 11) is 2.19. The van der Waals surface area contributed by atoms with Crippen LogP contribution in [0.4, 0.5) is 17.2 Å². The van der Waals surface area contributed by atoms with Crippen LogP contribution in [0.15, 0.2) is 42.5 Å². The third-order valence-electron chi connectivity index (χ3n) is 8.57. The van der Waals surface area contributed by atoms with Gasteiger partial charge >= 0.3 is 0 Å². The molecule has 0 amide bonds. The number of hydrogen-bond acceptors (Lipinski definition) is 5. The minimum atomic E-state index is 0.162. The average molecular weight is 470 g/mol. The fourth-order valence-electron chi connectivity index (χ4n) is 5.80. The normalized spacial score (nSPS) is 19.6. The van der Waals surface area contributed by atoms with E-state index in [0.29, 0.717) is 5.92 Å². The SMILES string of the molecule is CCCN(C)c1ccc2nc(C3(C)CC3)nc(N3CCC(c4ccccc4N4CCC4)CC3)c2c1. The first-order valence-electron chi connectivity index (χ1n) is 13.7. The number of rotatable bonds is 7. The summed E-state index contributed by atoms with van der Waals surface area (Å²) in [6.45, 7) is 10.1. The smallest absolute Gasteiger partial charge is 0.140 e. The first-order chi connectivity index (χ1) is 17.1. The Morgan fingerprint density at radius 3 is 2.43 bits per heavy atom. The van der Waals surface area contributed by atoms with Crippen molar-refractivity contribution in [3.05, 3.63) is 53.9 Å². The zero-order valence-corrected chi connectivity index (χ0v) is 21.6. The summed E-state index contributed by atoms with van der Waals surface area (Å²) in [5, 5.41) is 1.21. The zero-order valence-electron chi connectivity index (χ0n) is 21.6. The van der Waals surface area contributed by atoms with E-state index in [9.17, 15) is 0 Å². The van der Waals surface area contributed by atoms with E-state index < -0.39 is 0 Å². The summed E-state index contributed by atoms with van der Waals surface area (Å²) in [4.78, 5) is 17.8. The largest absolute Gasteiger partial charge is 0.375 e. The quantitative estimate of drug-likeness (QED) is 0.416. The van der Waals surface area contributed by atoms with Crippen molar-refractivity contribution in [1.29, 1.82) is 0 Å². The Morgan fingerprint density at radius 1 is 0.971 bits per heavy atom. The molecular weight excluding hydrogens is 430 g/mol. The van der Waals surface area contributed by atoms with Crippen LogP contribution in [-0.2, 0) is 5.41 Å². The summed E-state index contributed by atoms with van der Waals surface area (Å²) in [6, 6.07) is 15.9. The van der Waals surface area contributed by atoms with Gasteiger partial charge in [-0.3, -0.25) is 0 Å². The first-order valence-corrected chi connectivity index (χ1v) is 13.7. The number of fused-ring (bicyclic) bond motifs is 1. The molecule has 2 aliphatic heterocycles. The molecule has 1 aliphatic carbocycles. The van der Waals surface area contributed by atoms with Gasteiger partial charge in [0.05, 0.1) is 5.52 Å². The molecule has 0 atom stereocenters. The predicted molar refractivity (Wildman–Crippen MR) is 147 cm³/mol. The number of benzene rings is 2. The second-order valence-corrected chi connectivity index (χ2v) is 11.2. The van der Waals surface area contributed by atoms with E-state index in [-0.39, 0.29) is 5.41 Å². The van der Waals surface area contributed by atoms with Crippen LogP contribution in [0.1, 0.15) is 69.7 Å². The van der Waals surface area contributed by atoms with Gasteiger partial charge in [0.2, 0.25) is 0 Å². The van der Waals surface area contributed by atoms with Crippen molar-refractivity contribution >= 4 is 28.1 Å². The van der Waals surface area contributed by atoms with Crippen LogP contribution < -0.4 is 14.7 Å². The van der Waals surface area contributed by atoms with E-state index in [4.69, 9.17) is 9.97 Å². The highest BCUT2D eigenvalue weighted by molar-refractivity contribution is 5.92. The fraction of sp³-hybridized carbons (Fsp3) is 0.533. The van der Waals surface area contributed by atoms with Gasteiger partial charge in [-0.05, 0) is 74.3 Å². The molecule has 35 heavy (non-hydrogen) atoms. The molecule has 5 heteroatoms. The average Bonchev–Trinajstić information content (AvgIpc) is 3.61. The van der Waals surface area contributed by atoms with E-state index in [2.05, 4.69) is 78.1 Å². The number of aromatic nitrogens is 2. The second kappa shape index (κ2) is 9.00. The maximum atomic E-state index is 5.26. The van der Waals surface area contributed by atoms with Crippen molar-refractivity contribution in [2.24, 2.45) is 0 Å². The van der Waals surface area contributed by atoms with Crippen molar-refractivity contribution in [2.75, 3.05) is 54.5 Å². The van der Waals surface area contributed by atoms with Crippen LogP contribution >= 0.6 is 0 Å².